The molecular formula is C35H42BrN5O11. The highest BCUT2D eigenvalue weighted by molar-refractivity contribution is 9.10. The van der Waals surface area contributed by atoms with Crippen molar-refractivity contribution in [3.8, 4) is 11.5 Å². The van der Waals surface area contributed by atoms with Crippen molar-refractivity contribution in [1.29, 1.82) is 0 Å². The topological polar surface area (TPSA) is 219 Å². The number of fused-ring (bicyclic) bond motifs is 4. The van der Waals surface area contributed by atoms with Gasteiger partial charge in [0.2, 0.25) is 12.7 Å². The van der Waals surface area contributed by atoms with Crippen LogP contribution in [0.2, 0.25) is 0 Å². The number of benzene rings is 2. The Balaban J connectivity index is 1.15. The zero-order valence-electron chi connectivity index (χ0n) is 28.3. The highest BCUT2D eigenvalue weighted by Gasteiger charge is 2.39. The van der Waals surface area contributed by atoms with Crippen molar-refractivity contribution in [3.05, 3.63) is 63.6 Å². The maximum atomic E-state index is 12.9. The Labute approximate surface area is 308 Å². The zero-order valence-corrected chi connectivity index (χ0v) is 29.9. The van der Waals surface area contributed by atoms with Crippen molar-refractivity contribution < 1.29 is 53.9 Å². The average molecular weight is 789 g/mol. The third-order valence-corrected chi connectivity index (χ3v) is 9.94. The van der Waals surface area contributed by atoms with Crippen LogP contribution in [0.1, 0.15) is 35.1 Å². The minimum atomic E-state index is -1.23. The number of amides is 1. The van der Waals surface area contributed by atoms with Crippen LogP contribution < -0.4 is 20.1 Å². The molecule has 2 aromatic carbocycles. The lowest BCUT2D eigenvalue weighted by Crippen LogP contribution is -2.46. The number of ether oxygens (including phenoxy) is 2. The first-order chi connectivity index (χ1) is 24.9. The smallest absolute Gasteiger partial charge is 0.317 e. The second kappa shape index (κ2) is 17.7. The van der Waals surface area contributed by atoms with Crippen LogP contribution in [0.15, 0.2) is 47.0 Å². The third kappa shape index (κ3) is 10.4. The number of aliphatic carboxylic acids is 4. The van der Waals surface area contributed by atoms with E-state index in [1.54, 1.807) is 0 Å². The van der Waals surface area contributed by atoms with E-state index in [4.69, 9.17) is 19.7 Å². The predicted octanol–water partition coefficient (Wildman–Crippen LogP) is 1.91. The van der Waals surface area contributed by atoms with Gasteiger partial charge in [0.25, 0.3) is 0 Å². The first-order valence-electron chi connectivity index (χ1n) is 16.8. The largest absolute Gasteiger partial charge is 0.480 e. The van der Waals surface area contributed by atoms with E-state index in [1.807, 2.05) is 18.2 Å². The number of carbonyl (C=O) groups is 5. The van der Waals surface area contributed by atoms with E-state index >= 15 is 0 Å². The summed E-state index contributed by atoms with van der Waals surface area (Å²) in [6.07, 6.45) is 5.92. The number of allylic oxidation sites excluding steroid dienone is 2. The minimum absolute atomic E-state index is 0.0181. The van der Waals surface area contributed by atoms with Gasteiger partial charge in [0.1, 0.15) is 0 Å². The number of nitrogens with one attached hydrogen (secondary N) is 2. The summed E-state index contributed by atoms with van der Waals surface area (Å²) in [5.74, 6) is -3.24. The molecule has 17 heteroatoms. The van der Waals surface area contributed by atoms with Gasteiger partial charge in [-0.25, -0.2) is 0 Å². The van der Waals surface area contributed by atoms with E-state index in [0.717, 1.165) is 44.1 Å². The summed E-state index contributed by atoms with van der Waals surface area (Å²) < 4.78 is 12.1. The number of halogens is 1. The fourth-order valence-corrected chi connectivity index (χ4v) is 7.48. The molecule has 16 nitrogen and oxygen atoms in total. The maximum absolute atomic E-state index is 12.9. The van der Waals surface area contributed by atoms with Gasteiger partial charge >= 0.3 is 23.9 Å². The van der Waals surface area contributed by atoms with E-state index in [2.05, 4.69) is 50.8 Å². The number of carboxylic acids is 4. The Kier molecular flexibility index (Phi) is 13.1. The Morgan fingerprint density at radius 3 is 1.98 bits per heavy atom. The number of nitrogens with zero attached hydrogens (tertiary/aromatic N) is 3. The standard InChI is InChI=1S/C35H42BrN5O11/c36-26-14-29-28(51-20-52-29)13-25(26)35-23-3-1-2-22(23)24-12-21(4-5-27(24)38-35)6-7-37-30(42)15-40(17-32(45)46)10-8-39(16-31(43)44)9-11-41(18-33(47)48)19-34(49)50/h1-2,4-5,12-14,22-23,35,38H,3,6-11,15-20H2,(H,37,42)(H,43,44)(H,45,46)(H,47,48)(H,49,50). The van der Waals surface area contributed by atoms with Gasteiger partial charge in [0.05, 0.1) is 38.8 Å². The molecule has 5 rings (SSSR count). The van der Waals surface area contributed by atoms with Crippen LogP contribution in [0.3, 0.4) is 0 Å². The molecule has 0 spiro atoms. The van der Waals surface area contributed by atoms with Crippen LogP contribution in [0.5, 0.6) is 11.5 Å². The fourth-order valence-electron chi connectivity index (χ4n) is 6.91. The van der Waals surface area contributed by atoms with Crippen LogP contribution in [-0.2, 0) is 30.4 Å². The van der Waals surface area contributed by atoms with Gasteiger partial charge in [-0.15, -0.1) is 0 Å². The van der Waals surface area contributed by atoms with Crippen molar-refractivity contribution in [2.24, 2.45) is 5.92 Å². The van der Waals surface area contributed by atoms with Gasteiger partial charge in [-0.05, 0) is 53.6 Å². The molecule has 0 bridgehead atoms. The van der Waals surface area contributed by atoms with Crippen molar-refractivity contribution >= 4 is 51.4 Å². The zero-order chi connectivity index (χ0) is 37.4. The van der Waals surface area contributed by atoms with Crippen molar-refractivity contribution in [1.82, 2.24) is 20.0 Å². The number of hydrogen-bond acceptors (Lipinski definition) is 11. The molecule has 3 aliphatic rings. The molecule has 0 fully saturated rings. The molecule has 2 aromatic rings. The van der Waals surface area contributed by atoms with Crippen LogP contribution in [0.4, 0.5) is 5.69 Å². The second-order valence-electron chi connectivity index (χ2n) is 13.0. The highest BCUT2D eigenvalue weighted by atomic mass is 79.9. The molecular weight excluding hydrogens is 746 g/mol. The van der Waals surface area contributed by atoms with Crippen molar-refractivity contribution in [2.45, 2.75) is 24.8 Å². The lowest BCUT2D eigenvalue weighted by molar-refractivity contribution is -0.143. The summed E-state index contributed by atoms with van der Waals surface area (Å²) in [6, 6.07) is 10.3. The number of carbonyl (C=O) groups excluding carboxylic acids is 1. The Bertz CT molecular complexity index is 1690. The maximum Gasteiger partial charge on any atom is 0.317 e. The van der Waals surface area contributed by atoms with E-state index in [-0.39, 0.29) is 51.5 Å². The highest BCUT2D eigenvalue weighted by Crippen LogP contribution is 2.52. The lowest BCUT2D eigenvalue weighted by atomic mass is 9.76. The number of carboxylic acid groups (broad SMARTS) is 4. The van der Waals surface area contributed by atoms with Crippen LogP contribution in [0.25, 0.3) is 0 Å². The van der Waals surface area contributed by atoms with Gasteiger partial charge in [-0.3, -0.25) is 38.7 Å². The van der Waals surface area contributed by atoms with Gasteiger partial charge in [-0.1, -0.05) is 40.2 Å². The van der Waals surface area contributed by atoms with Crippen LogP contribution in [0, 0.1) is 5.92 Å². The minimum Gasteiger partial charge on any atom is -0.480 e. The summed E-state index contributed by atoms with van der Waals surface area (Å²) in [6.45, 7) is -1.65. The van der Waals surface area contributed by atoms with Gasteiger partial charge in [0, 0.05) is 48.8 Å². The molecule has 0 saturated carbocycles. The molecule has 6 N–H and O–H groups in total. The second-order valence-corrected chi connectivity index (χ2v) is 13.9. The predicted molar refractivity (Wildman–Crippen MR) is 190 cm³/mol. The monoisotopic (exact) mass is 787 g/mol. The SMILES string of the molecule is O=C(O)CN(CCN(CC(=O)O)CC(=O)O)CCN(CC(=O)O)CC(=O)NCCc1ccc2c(c1)C1C=CCC1C(c1cc3c(cc1Br)OCO3)N2. The normalized spacial score (nSPS) is 18.3. The fraction of sp³-hybridized carbons (Fsp3) is 0.457. The lowest BCUT2D eigenvalue weighted by Gasteiger charge is -2.38. The molecule has 3 atom stereocenters. The molecule has 3 unspecified atom stereocenters. The van der Waals surface area contributed by atoms with Crippen LogP contribution >= 0.6 is 15.9 Å². The third-order valence-electron chi connectivity index (χ3n) is 9.26. The summed E-state index contributed by atoms with van der Waals surface area (Å²) in [4.78, 5) is 62.2. The van der Waals surface area contributed by atoms with Crippen molar-refractivity contribution in [2.75, 3.05) is 77.6 Å². The van der Waals surface area contributed by atoms with Crippen LogP contribution in [-0.4, -0.2) is 137 Å². The first-order valence-corrected chi connectivity index (χ1v) is 17.6. The Morgan fingerprint density at radius 2 is 1.35 bits per heavy atom. The molecule has 2 aliphatic heterocycles. The molecule has 280 valence electrons. The van der Waals surface area contributed by atoms with Gasteiger partial charge in [-0.2, -0.15) is 0 Å². The molecule has 0 radical (unpaired) electrons. The number of hydrogen-bond donors (Lipinski definition) is 6. The van der Waals surface area contributed by atoms with E-state index < -0.39 is 56.0 Å². The van der Waals surface area contributed by atoms with Gasteiger partial charge in [0.15, 0.2) is 11.5 Å². The van der Waals surface area contributed by atoms with E-state index in [1.165, 1.54) is 15.4 Å². The summed E-state index contributed by atoms with van der Waals surface area (Å²) in [5.41, 5.74) is 4.36. The number of rotatable bonds is 20. The molecule has 2 heterocycles. The first kappa shape index (κ1) is 38.5. The molecule has 52 heavy (non-hydrogen) atoms. The summed E-state index contributed by atoms with van der Waals surface area (Å²) >= 11 is 3.73. The molecule has 0 aromatic heterocycles. The Morgan fingerprint density at radius 1 is 0.769 bits per heavy atom. The van der Waals surface area contributed by atoms with Gasteiger partial charge < -0.3 is 40.5 Å². The molecule has 1 amide bonds. The summed E-state index contributed by atoms with van der Waals surface area (Å²) in [7, 11) is 0. The molecule has 0 saturated heterocycles. The number of anilines is 1. The Hall–Kier alpha value is -4.71. The average Bonchev–Trinajstić information content (AvgIpc) is 3.74. The van der Waals surface area contributed by atoms with Crippen molar-refractivity contribution in [3.63, 3.8) is 0 Å². The van der Waals surface area contributed by atoms with E-state index in [0.29, 0.717) is 18.9 Å². The summed E-state index contributed by atoms with van der Waals surface area (Å²) in [5, 5.41) is 43.6. The quantitative estimate of drug-likeness (QED) is 0.106. The van der Waals surface area contributed by atoms with E-state index in [9.17, 15) is 34.2 Å². The molecule has 1 aliphatic carbocycles.